The Balaban J connectivity index is 1.62. The van der Waals surface area contributed by atoms with Gasteiger partial charge in [0.2, 0.25) is 11.7 Å². The molecule has 1 saturated carbocycles. The van der Waals surface area contributed by atoms with Crippen molar-refractivity contribution >= 4 is 17.5 Å². The van der Waals surface area contributed by atoms with Crippen LogP contribution in [-0.4, -0.2) is 51.2 Å². The van der Waals surface area contributed by atoms with Gasteiger partial charge in [-0.3, -0.25) is 9.59 Å². The molecular formula is C32H36N2O6. The molecule has 3 aromatic rings. The van der Waals surface area contributed by atoms with Gasteiger partial charge >= 0.3 is 0 Å². The maximum Gasteiger partial charge on any atom is 0.254 e. The van der Waals surface area contributed by atoms with Crippen LogP contribution in [-0.2, 0) is 4.79 Å². The van der Waals surface area contributed by atoms with Crippen LogP contribution < -0.4 is 24.3 Å². The molecule has 2 aliphatic rings. The van der Waals surface area contributed by atoms with Crippen molar-refractivity contribution in [3.05, 3.63) is 77.4 Å². The van der Waals surface area contributed by atoms with Crippen molar-refractivity contribution in [1.82, 2.24) is 4.90 Å². The van der Waals surface area contributed by atoms with Crippen LogP contribution in [0, 0.1) is 0 Å². The summed E-state index contributed by atoms with van der Waals surface area (Å²) in [7, 11) is 6.23. The second-order valence-corrected chi connectivity index (χ2v) is 10.2. The lowest BCUT2D eigenvalue weighted by molar-refractivity contribution is -0.119. The summed E-state index contributed by atoms with van der Waals surface area (Å²) in [5.41, 5.74) is 2.68. The Morgan fingerprint density at radius 1 is 0.825 bits per heavy atom. The molecule has 2 amide bonds. The Labute approximate surface area is 235 Å². The van der Waals surface area contributed by atoms with E-state index in [9.17, 15) is 9.59 Å². The zero-order valence-corrected chi connectivity index (χ0v) is 23.4. The summed E-state index contributed by atoms with van der Waals surface area (Å²) in [4.78, 5) is 30.4. The molecule has 0 spiro atoms. The number of rotatable bonds is 8. The number of amides is 2. The van der Waals surface area contributed by atoms with Crippen LogP contribution in [0.2, 0.25) is 0 Å². The Bertz CT molecular complexity index is 1340. The average molecular weight is 545 g/mol. The predicted molar refractivity (Wildman–Crippen MR) is 153 cm³/mol. The maximum absolute atomic E-state index is 14.3. The van der Waals surface area contributed by atoms with Crippen LogP contribution in [0.5, 0.6) is 23.0 Å². The molecule has 1 aliphatic carbocycles. The summed E-state index contributed by atoms with van der Waals surface area (Å²) >= 11 is 0. The summed E-state index contributed by atoms with van der Waals surface area (Å²) in [5, 5.41) is 3.10. The van der Waals surface area contributed by atoms with E-state index in [1.54, 1.807) is 19.2 Å². The quantitative estimate of drug-likeness (QED) is 0.376. The molecule has 1 fully saturated rings. The molecule has 5 rings (SSSR count). The number of fused-ring (bicyclic) bond motifs is 1. The Morgan fingerprint density at radius 2 is 1.48 bits per heavy atom. The highest BCUT2D eigenvalue weighted by atomic mass is 16.5. The minimum absolute atomic E-state index is 0.0276. The lowest BCUT2D eigenvalue weighted by Crippen LogP contribution is -2.51. The van der Waals surface area contributed by atoms with Gasteiger partial charge in [-0.25, -0.2) is 0 Å². The van der Waals surface area contributed by atoms with Gasteiger partial charge in [-0.1, -0.05) is 49.6 Å². The third kappa shape index (κ3) is 5.06. The van der Waals surface area contributed by atoms with Gasteiger partial charge in [-0.05, 0) is 42.2 Å². The Hall–Kier alpha value is -4.20. The number of carbonyl (C=O) groups is 2. The molecule has 0 saturated heterocycles. The number of ether oxygens (including phenoxy) is 4. The molecular weight excluding hydrogens is 508 g/mol. The molecule has 0 aromatic heterocycles. The molecule has 1 aliphatic heterocycles. The Kier molecular flexibility index (Phi) is 8.14. The maximum atomic E-state index is 14.3. The van der Waals surface area contributed by atoms with Crippen LogP contribution in [0.4, 0.5) is 5.69 Å². The van der Waals surface area contributed by atoms with E-state index in [0.717, 1.165) is 37.7 Å². The fourth-order valence-corrected chi connectivity index (χ4v) is 6.12. The molecule has 0 radical (unpaired) electrons. The minimum Gasteiger partial charge on any atom is -0.497 e. The van der Waals surface area contributed by atoms with Crippen LogP contribution >= 0.6 is 0 Å². The van der Waals surface area contributed by atoms with Crippen molar-refractivity contribution in [3.63, 3.8) is 0 Å². The number of hydrogen-bond acceptors (Lipinski definition) is 6. The zero-order valence-electron chi connectivity index (χ0n) is 23.4. The Morgan fingerprint density at radius 3 is 2.08 bits per heavy atom. The van der Waals surface area contributed by atoms with Gasteiger partial charge in [0.1, 0.15) is 5.75 Å². The molecule has 210 valence electrons. The highest BCUT2D eigenvalue weighted by molar-refractivity contribution is 6.04. The number of anilines is 1. The van der Waals surface area contributed by atoms with E-state index >= 15 is 0 Å². The van der Waals surface area contributed by atoms with E-state index in [-0.39, 0.29) is 17.9 Å². The van der Waals surface area contributed by atoms with E-state index in [1.807, 2.05) is 53.4 Å². The number of hydrogen-bond donors (Lipinski definition) is 1. The normalized spacial score (nSPS) is 19.0. The summed E-state index contributed by atoms with van der Waals surface area (Å²) in [6.07, 6.45) is 5.12. The number of benzene rings is 3. The van der Waals surface area contributed by atoms with Crippen LogP contribution in [0.25, 0.3) is 0 Å². The first kappa shape index (κ1) is 27.4. The summed E-state index contributed by atoms with van der Waals surface area (Å²) in [6, 6.07) is 18.1. The van der Waals surface area contributed by atoms with Gasteiger partial charge in [0.25, 0.3) is 5.91 Å². The van der Waals surface area contributed by atoms with Gasteiger partial charge in [-0.2, -0.15) is 0 Å². The average Bonchev–Trinajstić information content (AvgIpc) is 3.00. The van der Waals surface area contributed by atoms with E-state index in [1.165, 1.54) is 21.3 Å². The van der Waals surface area contributed by atoms with Crippen molar-refractivity contribution in [1.29, 1.82) is 0 Å². The van der Waals surface area contributed by atoms with Gasteiger partial charge in [0.05, 0.1) is 40.4 Å². The zero-order chi connectivity index (χ0) is 28.2. The molecule has 0 unspecified atom stereocenters. The van der Waals surface area contributed by atoms with Crippen molar-refractivity contribution < 1.29 is 28.5 Å². The summed E-state index contributed by atoms with van der Waals surface area (Å²) < 4.78 is 21.9. The predicted octanol–water partition coefficient (Wildman–Crippen LogP) is 5.97. The number of nitrogens with one attached hydrogen (secondary N) is 1. The molecule has 40 heavy (non-hydrogen) atoms. The summed E-state index contributed by atoms with van der Waals surface area (Å²) in [5.74, 6) is 1.13. The largest absolute Gasteiger partial charge is 0.497 e. The minimum atomic E-state index is -0.650. The lowest BCUT2D eigenvalue weighted by atomic mass is 9.77. The third-order valence-electron chi connectivity index (χ3n) is 8.02. The van der Waals surface area contributed by atoms with Crippen molar-refractivity contribution in [2.75, 3.05) is 33.8 Å². The fraction of sp³-hybridized carbons (Fsp3) is 0.375. The monoisotopic (exact) mass is 544 g/mol. The highest BCUT2D eigenvalue weighted by Crippen LogP contribution is 2.47. The van der Waals surface area contributed by atoms with Gasteiger partial charge in [0.15, 0.2) is 11.5 Å². The molecule has 0 bridgehead atoms. The van der Waals surface area contributed by atoms with Crippen LogP contribution in [0.1, 0.15) is 65.5 Å². The topological polar surface area (TPSA) is 86.3 Å². The van der Waals surface area contributed by atoms with Crippen LogP contribution in [0.3, 0.4) is 0 Å². The van der Waals surface area contributed by atoms with Gasteiger partial charge in [-0.15, -0.1) is 0 Å². The van der Waals surface area contributed by atoms with E-state index in [4.69, 9.17) is 18.9 Å². The smallest absolute Gasteiger partial charge is 0.254 e. The van der Waals surface area contributed by atoms with Crippen molar-refractivity contribution in [3.8, 4) is 23.0 Å². The molecule has 8 nitrogen and oxygen atoms in total. The molecule has 8 heteroatoms. The lowest BCUT2D eigenvalue weighted by Gasteiger charge is -2.46. The summed E-state index contributed by atoms with van der Waals surface area (Å²) in [6.45, 7) is 0. The SMILES string of the molecule is COc1ccc([C@H]2[C@@H](C(=O)Nc3cc(OC)c(OC)c(OC)c3)c3ccccc3C(=O)N2C2CCCCC2)cc1. The molecule has 2 atom stereocenters. The first-order chi connectivity index (χ1) is 19.5. The van der Waals surface area contributed by atoms with Crippen LogP contribution in [0.15, 0.2) is 60.7 Å². The van der Waals surface area contributed by atoms with E-state index in [0.29, 0.717) is 39.8 Å². The fourth-order valence-electron chi connectivity index (χ4n) is 6.12. The molecule has 1 N–H and O–H groups in total. The second-order valence-electron chi connectivity index (χ2n) is 10.2. The van der Waals surface area contributed by atoms with E-state index in [2.05, 4.69) is 5.32 Å². The standard InChI is InChI=1S/C32H36N2O6/c1-37-23-16-14-20(15-17-23)29-28(31(35)33-21-18-26(38-2)30(40-4)27(19-21)39-3)24-12-8-9-13-25(24)32(36)34(29)22-10-6-5-7-11-22/h8-9,12-19,22,28-29H,5-7,10-11H2,1-4H3,(H,33,35)/t28-,29-/m0/s1. The number of carbonyl (C=O) groups excluding carboxylic acids is 2. The second kappa shape index (κ2) is 11.9. The van der Waals surface area contributed by atoms with Gasteiger partial charge < -0.3 is 29.2 Å². The van der Waals surface area contributed by atoms with Crippen molar-refractivity contribution in [2.45, 2.75) is 50.1 Å². The first-order valence-corrected chi connectivity index (χ1v) is 13.7. The molecule has 1 heterocycles. The third-order valence-corrected chi connectivity index (χ3v) is 8.02. The molecule has 3 aromatic carbocycles. The number of methoxy groups -OCH3 is 4. The highest BCUT2D eigenvalue weighted by Gasteiger charge is 2.46. The van der Waals surface area contributed by atoms with E-state index < -0.39 is 12.0 Å². The first-order valence-electron chi connectivity index (χ1n) is 13.7. The van der Waals surface area contributed by atoms with Gasteiger partial charge in [0, 0.05) is 29.4 Å². The number of nitrogens with zero attached hydrogens (tertiary/aromatic N) is 1. The van der Waals surface area contributed by atoms with Crippen molar-refractivity contribution in [2.24, 2.45) is 0 Å².